The highest BCUT2D eigenvalue weighted by Crippen LogP contribution is 2.18. The first-order valence-electron chi connectivity index (χ1n) is 8.33. The van der Waals surface area contributed by atoms with Gasteiger partial charge in [-0.3, -0.25) is 9.59 Å². The summed E-state index contributed by atoms with van der Waals surface area (Å²) in [5.74, 6) is -0.543. The van der Waals surface area contributed by atoms with Crippen molar-refractivity contribution in [2.24, 2.45) is 0 Å². The van der Waals surface area contributed by atoms with Gasteiger partial charge in [-0.25, -0.2) is 0 Å². The maximum Gasteiger partial charge on any atom is 0.307 e. The van der Waals surface area contributed by atoms with Crippen LogP contribution in [0.5, 0.6) is 0 Å². The van der Waals surface area contributed by atoms with Crippen molar-refractivity contribution < 1.29 is 14.3 Å². The molecule has 2 aromatic carbocycles. The molecular weight excluding hydrogens is 350 g/mol. The van der Waals surface area contributed by atoms with Crippen LogP contribution >= 0.6 is 11.6 Å². The number of hydrogen-bond donors (Lipinski definition) is 0. The van der Waals surface area contributed by atoms with E-state index in [-0.39, 0.29) is 24.8 Å². The van der Waals surface area contributed by atoms with Crippen LogP contribution in [0.2, 0.25) is 5.02 Å². The Morgan fingerprint density at radius 2 is 1.81 bits per heavy atom. The van der Waals surface area contributed by atoms with Crippen LogP contribution in [0.25, 0.3) is 6.08 Å². The van der Waals surface area contributed by atoms with Crippen LogP contribution in [0.1, 0.15) is 23.1 Å². The second-order valence-corrected chi connectivity index (χ2v) is 6.33. The third-order valence-corrected chi connectivity index (χ3v) is 4.31. The van der Waals surface area contributed by atoms with Gasteiger partial charge in [0.05, 0.1) is 13.5 Å². The Kier molecular flexibility index (Phi) is 7.42. The van der Waals surface area contributed by atoms with E-state index in [9.17, 15) is 9.59 Å². The predicted molar refractivity (Wildman–Crippen MR) is 104 cm³/mol. The molecule has 0 spiro atoms. The van der Waals surface area contributed by atoms with Crippen molar-refractivity contribution >= 4 is 29.6 Å². The Morgan fingerprint density at radius 3 is 2.46 bits per heavy atom. The molecule has 0 aliphatic rings. The van der Waals surface area contributed by atoms with Crippen molar-refractivity contribution in [1.82, 2.24) is 4.90 Å². The molecule has 2 rings (SSSR count). The van der Waals surface area contributed by atoms with Gasteiger partial charge in [-0.15, -0.1) is 0 Å². The Labute approximate surface area is 159 Å². The Balaban J connectivity index is 2.13. The van der Waals surface area contributed by atoms with Gasteiger partial charge in [-0.2, -0.15) is 0 Å². The lowest BCUT2D eigenvalue weighted by molar-refractivity contribution is -0.141. The summed E-state index contributed by atoms with van der Waals surface area (Å²) in [5.41, 5.74) is 2.93. The van der Waals surface area contributed by atoms with Crippen molar-refractivity contribution in [2.75, 3.05) is 13.7 Å². The maximum absolute atomic E-state index is 12.6. The first-order valence-corrected chi connectivity index (χ1v) is 8.71. The molecule has 2 aromatic rings. The van der Waals surface area contributed by atoms with Crippen LogP contribution in [-0.2, 0) is 20.9 Å². The number of halogens is 1. The van der Waals surface area contributed by atoms with Gasteiger partial charge < -0.3 is 9.64 Å². The van der Waals surface area contributed by atoms with Gasteiger partial charge >= 0.3 is 5.97 Å². The molecule has 0 N–H and O–H groups in total. The maximum atomic E-state index is 12.6. The van der Waals surface area contributed by atoms with E-state index < -0.39 is 0 Å². The SMILES string of the molecule is COC(=O)CCN(Cc1ccccc1Cl)C(=O)/C=C/c1ccc(C)cc1. The number of nitrogens with zero attached hydrogens (tertiary/aromatic N) is 1. The van der Waals surface area contributed by atoms with Crippen molar-refractivity contribution in [3.05, 3.63) is 76.3 Å². The second kappa shape index (κ2) is 9.78. The Morgan fingerprint density at radius 1 is 1.12 bits per heavy atom. The van der Waals surface area contributed by atoms with Crippen LogP contribution in [0.3, 0.4) is 0 Å². The fourth-order valence-electron chi connectivity index (χ4n) is 2.38. The average Bonchev–Trinajstić information content (AvgIpc) is 2.65. The van der Waals surface area contributed by atoms with E-state index in [0.29, 0.717) is 11.6 Å². The van der Waals surface area contributed by atoms with E-state index in [0.717, 1.165) is 16.7 Å². The molecule has 0 atom stereocenters. The lowest BCUT2D eigenvalue weighted by Gasteiger charge is -2.21. The number of esters is 1. The normalized spacial score (nSPS) is 10.7. The van der Waals surface area contributed by atoms with E-state index in [4.69, 9.17) is 11.6 Å². The molecule has 1 amide bonds. The molecule has 0 aliphatic heterocycles. The summed E-state index contributed by atoms with van der Waals surface area (Å²) >= 11 is 6.20. The smallest absolute Gasteiger partial charge is 0.307 e. The molecule has 0 aliphatic carbocycles. The molecule has 0 aromatic heterocycles. The summed E-state index contributed by atoms with van der Waals surface area (Å²) in [5, 5.41) is 0.589. The van der Waals surface area contributed by atoms with E-state index in [2.05, 4.69) is 4.74 Å². The van der Waals surface area contributed by atoms with Crippen molar-refractivity contribution in [2.45, 2.75) is 19.9 Å². The van der Waals surface area contributed by atoms with Gasteiger partial charge in [-0.05, 0) is 30.2 Å². The minimum atomic E-state index is -0.357. The fraction of sp³-hybridized carbons (Fsp3) is 0.238. The van der Waals surface area contributed by atoms with E-state index in [1.807, 2.05) is 49.4 Å². The number of carbonyl (C=O) groups excluding carboxylic acids is 2. The monoisotopic (exact) mass is 371 g/mol. The van der Waals surface area contributed by atoms with Crippen molar-refractivity contribution in [3.63, 3.8) is 0 Å². The quantitative estimate of drug-likeness (QED) is 0.540. The number of rotatable bonds is 7. The fourth-order valence-corrected chi connectivity index (χ4v) is 2.57. The minimum Gasteiger partial charge on any atom is -0.469 e. The van der Waals surface area contributed by atoms with Crippen LogP contribution < -0.4 is 0 Å². The number of methoxy groups -OCH3 is 1. The largest absolute Gasteiger partial charge is 0.469 e. The van der Waals surface area contributed by atoms with Crippen molar-refractivity contribution in [3.8, 4) is 0 Å². The van der Waals surface area contributed by atoms with Crippen LogP contribution in [-0.4, -0.2) is 30.4 Å². The van der Waals surface area contributed by atoms with Gasteiger partial charge in [-0.1, -0.05) is 59.6 Å². The zero-order chi connectivity index (χ0) is 18.9. The van der Waals surface area contributed by atoms with Gasteiger partial charge in [0, 0.05) is 24.2 Å². The average molecular weight is 372 g/mol. The van der Waals surface area contributed by atoms with Crippen LogP contribution in [0.15, 0.2) is 54.6 Å². The standard InChI is InChI=1S/C21H22ClNO3/c1-16-7-9-17(10-8-16)11-12-20(24)23(14-13-21(25)26-2)15-18-5-3-4-6-19(18)22/h3-12H,13-15H2,1-2H3/b12-11+. The summed E-state index contributed by atoms with van der Waals surface area (Å²) in [6, 6.07) is 15.2. The predicted octanol–water partition coefficient (Wildman–Crippen LogP) is 4.25. The summed E-state index contributed by atoms with van der Waals surface area (Å²) < 4.78 is 4.67. The van der Waals surface area contributed by atoms with Gasteiger partial charge in [0.1, 0.15) is 0 Å². The number of benzene rings is 2. The first-order chi connectivity index (χ1) is 12.5. The summed E-state index contributed by atoms with van der Waals surface area (Å²) in [7, 11) is 1.33. The Bertz CT molecular complexity index is 784. The summed E-state index contributed by atoms with van der Waals surface area (Å²) in [4.78, 5) is 25.7. The third-order valence-electron chi connectivity index (χ3n) is 3.94. The number of amides is 1. The number of aryl methyl sites for hydroxylation is 1. The van der Waals surface area contributed by atoms with Gasteiger partial charge in [0.25, 0.3) is 0 Å². The molecule has 4 nitrogen and oxygen atoms in total. The lowest BCUT2D eigenvalue weighted by atomic mass is 10.1. The van der Waals surface area contributed by atoms with Gasteiger partial charge in [0.2, 0.25) is 5.91 Å². The highest BCUT2D eigenvalue weighted by atomic mass is 35.5. The highest BCUT2D eigenvalue weighted by molar-refractivity contribution is 6.31. The number of hydrogen-bond acceptors (Lipinski definition) is 3. The summed E-state index contributed by atoms with van der Waals surface area (Å²) in [6.45, 7) is 2.60. The topological polar surface area (TPSA) is 46.6 Å². The lowest BCUT2D eigenvalue weighted by Crippen LogP contribution is -2.31. The van der Waals surface area contributed by atoms with Crippen LogP contribution in [0.4, 0.5) is 0 Å². The van der Waals surface area contributed by atoms with Crippen molar-refractivity contribution in [1.29, 1.82) is 0 Å². The molecule has 136 valence electrons. The zero-order valence-corrected chi connectivity index (χ0v) is 15.7. The molecule has 0 saturated carbocycles. The molecule has 0 unspecified atom stereocenters. The molecule has 0 bridgehead atoms. The molecule has 0 fully saturated rings. The van der Waals surface area contributed by atoms with E-state index >= 15 is 0 Å². The number of ether oxygens (including phenoxy) is 1. The molecule has 5 heteroatoms. The van der Waals surface area contributed by atoms with Gasteiger partial charge in [0.15, 0.2) is 0 Å². The molecule has 26 heavy (non-hydrogen) atoms. The molecule has 0 heterocycles. The number of carbonyl (C=O) groups is 2. The molecular formula is C21H22ClNO3. The van der Waals surface area contributed by atoms with E-state index in [1.54, 1.807) is 17.0 Å². The van der Waals surface area contributed by atoms with Crippen LogP contribution in [0, 0.1) is 6.92 Å². The first kappa shape index (κ1) is 19.7. The highest BCUT2D eigenvalue weighted by Gasteiger charge is 2.15. The molecule has 0 saturated heterocycles. The van der Waals surface area contributed by atoms with E-state index in [1.165, 1.54) is 13.2 Å². The summed E-state index contributed by atoms with van der Waals surface area (Å²) in [6.07, 6.45) is 3.41. The second-order valence-electron chi connectivity index (χ2n) is 5.92. The third kappa shape index (κ3) is 6.05. The minimum absolute atomic E-state index is 0.130. The molecule has 0 radical (unpaired) electrons. The zero-order valence-electron chi connectivity index (χ0n) is 14.9. The Hall–Kier alpha value is -2.59.